The third kappa shape index (κ3) is 5.47. The molecule has 0 aromatic heterocycles. The average Bonchev–Trinajstić information content (AvgIpc) is 2.16. The zero-order chi connectivity index (χ0) is 12.8. The first-order chi connectivity index (χ1) is 7.34. The van der Waals surface area contributed by atoms with Gasteiger partial charge in [-0.15, -0.1) is 0 Å². The van der Waals surface area contributed by atoms with Crippen LogP contribution in [-0.4, -0.2) is 31.7 Å². The van der Waals surface area contributed by atoms with Crippen LogP contribution in [0.15, 0.2) is 0 Å². The van der Waals surface area contributed by atoms with E-state index in [0.717, 1.165) is 6.42 Å². The van der Waals surface area contributed by atoms with E-state index in [4.69, 9.17) is 10.5 Å². The summed E-state index contributed by atoms with van der Waals surface area (Å²) < 4.78 is 4.96. The molecule has 2 unspecified atom stereocenters. The van der Waals surface area contributed by atoms with E-state index in [0.29, 0.717) is 19.1 Å². The fraction of sp³-hybridized carbons (Fsp3) is 0.917. The number of nitrogens with one attached hydrogen (secondary N) is 1. The summed E-state index contributed by atoms with van der Waals surface area (Å²) in [5.41, 5.74) is 5.42. The highest BCUT2D eigenvalue weighted by atomic mass is 16.5. The van der Waals surface area contributed by atoms with Crippen molar-refractivity contribution in [2.75, 3.05) is 20.3 Å². The second-order valence-electron chi connectivity index (χ2n) is 5.21. The molecule has 0 aromatic rings. The quantitative estimate of drug-likeness (QED) is 0.689. The van der Waals surface area contributed by atoms with Crippen LogP contribution in [-0.2, 0) is 9.53 Å². The summed E-state index contributed by atoms with van der Waals surface area (Å²) in [7, 11) is 1.60. The highest BCUT2D eigenvalue weighted by Gasteiger charge is 2.27. The molecule has 4 heteroatoms. The lowest BCUT2D eigenvalue weighted by molar-refractivity contribution is -0.127. The van der Waals surface area contributed by atoms with Gasteiger partial charge in [-0.3, -0.25) is 4.79 Å². The molecule has 0 aromatic carbocycles. The lowest BCUT2D eigenvalue weighted by atomic mass is 9.90. The average molecular weight is 230 g/mol. The first kappa shape index (κ1) is 15.4. The number of amides is 1. The Balaban J connectivity index is 4.35. The molecule has 0 spiro atoms. The number of carbonyl (C=O) groups is 1. The van der Waals surface area contributed by atoms with Gasteiger partial charge in [-0.25, -0.2) is 0 Å². The molecule has 0 bridgehead atoms. The maximum atomic E-state index is 11.8. The Morgan fingerprint density at radius 3 is 2.38 bits per heavy atom. The second-order valence-corrected chi connectivity index (χ2v) is 5.21. The summed E-state index contributed by atoms with van der Waals surface area (Å²) in [5, 5.41) is 3.02. The van der Waals surface area contributed by atoms with Gasteiger partial charge in [0.05, 0.1) is 12.5 Å². The Hall–Kier alpha value is -0.610. The molecule has 0 saturated heterocycles. The molecule has 3 N–H and O–H groups in total. The van der Waals surface area contributed by atoms with E-state index < -0.39 is 0 Å². The normalized spacial score (nSPS) is 16.9. The van der Waals surface area contributed by atoms with Gasteiger partial charge in [-0.2, -0.15) is 0 Å². The van der Waals surface area contributed by atoms with Crippen LogP contribution >= 0.6 is 0 Å². The van der Waals surface area contributed by atoms with Crippen LogP contribution in [0.2, 0.25) is 0 Å². The van der Waals surface area contributed by atoms with Crippen LogP contribution < -0.4 is 11.1 Å². The molecule has 0 aliphatic heterocycles. The van der Waals surface area contributed by atoms with Gasteiger partial charge in [-0.1, -0.05) is 20.8 Å². The summed E-state index contributed by atoms with van der Waals surface area (Å²) in [6, 6.07) is 0. The largest absolute Gasteiger partial charge is 0.384 e. The van der Waals surface area contributed by atoms with Gasteiger partial charge in [0.1, 0.15) is 0 Å². The minimum Gasteiger partial charge on any atom is -0.384 e. The van der Waals surface area contributed by atoms with Gasteiger partial charge in [0.25, 0.3) is 0 Å². The molecule has 2 atom stereocenters. The van der Waals surface area contributed by atoms with Crippen LogP contribution in [0, 0.1) is 11.8 Å². The maximum Gasteiger partial charge on any atom is 0.225 e. The van der Waals surface area contributed by atoms with Crippen molar-refractivity contribution < 1.29 is 9.53 Å². The van der Waals surface area contributed by atoms with Crippen molar-refractivity contribution in [2.24, 2.45) is 17.6 Å². The van der Waals surface area contributed by atoms with Crippen molar-refractivity contribution in [3.63, 3.8) is 0 Å². The molecule has 0 aliphatic rings. The van der Waals surface area contributed by atoms with Crippen molar-refractivity contribution in [1.82, 2.24) is 5.32 Å². The molecule has 96 valence electrons. The lowest BCUT2D eigenvalue weighted by Crippen LogP contribution is -2.53. The zero-order valence-electron chi connectivity index (χ0n) is 11.2. The number of hydrogen-bond donors (Lipinski definition) is 2. The van der Waals surface area contributed by atoms with Gasteiger partial charge < -0.3 is 15.8 Å². The Bertz CT molecular complexity index is 219. The number of carbonyl (C=O) groups excluding carboxylic acids is 1. The SMILES string of the molecule is COCC(C)C(=O)NC(C)(CN)CC(C)C. The standard InChI is InChI=1S/C12H26N2O2/c1-9(2)6-12(4,8-13)14-11(15)10(3)7-16-5/h9-10H,6-8,13H2,1-5H3,(H,14,15). The number of nitrogens with two attached hydrogens (primary N) is 1. The highest BCUT2D eigenvalue weighted by Crippen LogP contribution is 2.16. The molecule has 0 saturated carbocycles. The molecule has 1 amide bonds. The van der Waals surface area contributed by atoms with E-state index in [9.17, 15) is 4.79 Å². The van der Waals surface area contributed by atoms with E-state index in [-0.39, 0.29) is 17.4 Å². The maximum absolute atomic E-state index is 11.8. The van der Waals surface area contributed by atoms with Crippen molar-refractivity contribution in [3.05, 3.63) is 0 Å². The van der Waals surface area contributed by atoms with Crippen LogP contribution in [0.4, 0.5) is 0 Å². The Labute approximate surface area is 98.9 Å². The number of methoxy groups -OCH3 is 1. The van der Waals surface area contributed by atoms with Gasteiger partial charge >= 0.3 is 0 Å². The lowest BCUT2D eigenvalue weighted by Gasteiger charge is -2.32. The minimum atomic E-state index is -0.312. The second kappa shape index (κ2) is 6.86. The smallest absolute Gasteiger partial charge is 0.225 e. The molecule has 4 nitrogen and oxygen atoms in total. The fourth-order valence-electron chi connectivity index (χ4n) is 1.83. The minimum absolute atomic E-state index is 0.00968. The molecule has 0 heterocycles. The summed E-state index contributed by atoms with van der Waals surface area (Å²) in [5.74, 6) is 0.380. The van der Waals surface area contributed by atoms with Crippen LogP contribution in [0.1, 0.15) is 34.1 Å². The number of ether oxygens (including phenoxy) is 1. The molecular weight excluding hydrogens is 204 g/mol. The number of hydrogen-bond acceptors (Lipinski definition) is 3. The Morgan fingerprint density at radius 2 is 2.00 bits per heavy atom. The highest BCUT2D eigenvalue weighted by molar-refractivity contribution is 5.79. The van der Waals surface area contributed by atoms with Crippen LogP contribution in [0.25, 0.3) is 0 Å². The van der Waals surface area contributed by atoms with E-state index in [1.807, 2.05) is 13.8 Å². The summed E-state index contributed by atoms with van der Waals surface area (Å²) in [4.78, 5) is 11.8. The molecule has 0 fully saturated rings. The van der Waals surface area contributed by atoms with Gasteiger partial charge in [0.2, 0.25) is 5.91 Å². The van der Waals surface area contributed by atoms with Crippen molar-refractivity contribution in [1.29, 1.82) is 0 Å². The molecular formula is C12H26N2O2. The van der Waals surface area contributed by atoms with Crippen LogP contribution in [0.5, 0.6) is 0 Å². The van der Waals surface area contributed by atoms with Crippen molar-refractivity contribution in [3.8, 4) is 0 Å². The van der Waals surface area contributed by atoms with E-state index in [1.54, 1.807) is 7.11 Å². The van der Waals surface area contributed by atoms with Gasteiger partial charge in [-0.05, 0) is 19.3 Å². The fourth-order valence-corrected chi connectivity index (χ4v) is 1.83. The van der Waals surface area contributed by atoms with E-state index >= 15 is 0 Å². The van der Waals surface area contributed by atoms with Crippen LogP contribution in [0.3, 0.4) is 0 Å². The predicted molar refractivity (Wildman–Crippen MR) is 66.1 cm³/mol. The third-order valence-electron chi connectivity index (χ3n) is 2.60. The Morgan fingerprint density at radius 1 is 1.44 bits per heavy atom. The number of rotatable bonds is 7. The molecule has 16 heavy (non-hydrogen) atoms. The third-order valence-corrected chi connectivity index (χ3v) is 2.60. The molecule has 0 rings (SSSR count). The van der Waals surface area contributed by atoms with Crippen molar-refractivity contribution in [2.45, 2.75) is 39.7 Å². The summed E-state index contributed by atoms with van der Waals surface area (Å²) in [6.45, 7) is 8.98. The summed E-state index contributed by atoms with van der Waals surface area (Å²) in [6.07, 6.45) is 0.884. The molecule has 0 aliphatic carbocycles. The summed E-state index contributed by atoms with van der Waals surface area (Å²) >= 11 is 0. The van der Waals surface area contributed by atoms with Crippen molar-refractivity contribution >= 4 is 5.91 Å². The predicted octanol–water partition coefficient (Wildman–Crippen LogP) is 1.15. The zero-order valence-corrected chi connectivity index (χ0v) is 11.2. The first-order valence-corrected chi connectivity index (χ1v) is 5.85. The van der Waals surface area contributed by atoms with E-state index in [1.165, 1.54) is 0 Å². The van der Waals surface area contributed by atoms with E-state index in [2.05, 4.69) is 19.2 Å². The molecule has 0 radical (unpaired) electrons. The van der Waals surface area contributed by atoms with Gasteiger partial charge in [0, 0.05) is 19.2 Å². The topological polar surface area (TPSA) is 64.3 Å². The Kier molecular flexibility index (Phi) is 6.60. The first-order valence-electron chi connectivity index (χ1n) is 5.85. The monoisotopic (exact) mass is 230 g/mol. The van der Waals surface area contributed by atoms with Gasteiger partial charge in [0.15, 0.2) is 0 Å².